The minimum atomic E-state index is -2.23. The summed E-state index contributed by atoms with van der Waals surface area (Å²) in [5.41, 5.74) is 0. The van der Waals surface area contributed by atoms with Crippen LogP contribution in [0.4, 0.5) is 8.78 Å². The van der Waals surface area contributed by atoms with Gasteiger partial charge in [-0.05, 0) is 31.1 Å². The second kappa shape index (κ2) is 6.29. The largest absolute Gasteiger partial charge is 0.307 e. The molecule has 1 saturated heterocycles. The Balaban J connectivity index is 1.87. The first-order valence-electron chi connectivity index (χ1n) is 7.35. The Kier molecular flexibility index (Phi) is 4.96. The third-order valence-corrected chi connectivity index (χ3v) is 4.75. The lowest BCUT2D eigenvalue weighted by Gasteiger charge is -2.48. The number of likely N-dealkylation sites (tertiary alicyclic amines) is 1. The summed E-state index contributed by atoms with van der Waals surface area (Å²) in [5.74, 6) is 1.46. The Hall–Kier alpha value is -0.220. The Labute approximate surface area is 109 Å². The molecule has 0 radical (unpaired) electrons. The second-order valence-electron chi connectivity index (χ2n) is 6.08. The number of halogens is 2. The number of rotatable bonds is 5. The Bertz CT molecular complexity index is 260. The van der Waals surface area contributed by atoms with E-state index in [9.17, 15) is 8.78 Å². The van der Waals surface area contributed by atoms with Gasteiger partial charge in [-0.1, -0.05) is 20.3 Å². The molecule has 106 valence electrons. The predicted octanol–water partition coefficient (Wildman–Crippen LogP) is 2.74. The third-order valence-electron chi connectivity index (χ3n) is 4.75. The van der Waals surface area contributed by atoms with E-state index in [1.165, 1.54) is 19.4 Å². The minimum Gasteiger partial charge on any atom is -0.307 e. The van der Waals surface area contributed by atoms with Gasteiger partial charge < -0.3 is 5.32 Å². The van der Waals surface area contributed by atoms with Crippen molar-refractivity contribution in [3.63, 3.8) is 0 Å². The summed E-state index contributed by atoms with van der Waals surface area (Å²) in [7, 11) is 0. The molecule has 1 aliphatic heterocycles. The van der Waals surface area contributed by atoms with Crippen molar-refractivity contribution < 1.29 is 8.78 Å². The average Bonchev–Trinajstić information content (AvgIpc) is 2.34. The lowest BCUT2D eigenvalue weighted by molar-refractivity contribution is 0.0189. The quantitative estimate of drug-likeness (QED) is 0.817. The lowest BCUT2D eigenvalue weighted by atomic mass is 9.78. The van der Waals surface area contributed by atoms with E-state index in [0.717, 1.165) is 25.3 Å². The maximum absolute atomic E-state index is 12.3. The van der Waals surface area contributed by atoms with E-state index in [2.05, 4.69) is 24.1 Å². The van der Waals surface area contributed by atoms with Gasteiger partial charge >= 0.3 is 0 Å². The molecule has 0 spiro atoms. The number of piperidine rings is 1. The highest BCUT2D eigenvalue weighted by atomic mass is 19.3. The fourth-order valence-corrected chi connectivity index (χ4v) is 3.40. The van der Waals surface area contributed by atoms with E-state index in [-0.39, 0.29) is 12.6 Å². The molecule has 4 atom stereocenters. The zero-order valence-electron chi connectivity index (χ0n) is 11.5. The summed E-state index contributed by atoms with van der Waals surface area (Å²) in [6.45, 7) is 6.49. The van der Waals surface area contributed by atoms with Gasteiger partial charge in [-0.2, -0.15) is 0 Å². The average molecular weight is 260 g/mol. The highest BCUT2D eigenvalue weighted by Crippen LogP contribution is 2.34. The molecular weight excluding hydrogens is 234 g/mol. The van der Waals surface area contributed by atoms with E-state index in [1.807, 2.05) is 0 Å². The Morgan fingerprint density at radius 1 is 1.28 bits per heavy atom. The fraction of sp³-hybridized carbons (Fsp3) is 1.00. The molecule has 1 heterocycles. The zero-order chi connectivity index (χ0) is 13.1. The minimum absolute atomic E-state index is 0.158. The maximum Gasteiger partial charge on any atom is 0.250 e. The second-order valence-corrected chi connectivity index (χ2v) is 6.08. The lowest BCUT2D eigenvalue weighted by Crippen LogP contribution is -2.56. The van der Waals surface area contributed by atoms with Crippen LogP contribution in [0.1, 0.15) is 39.5 Å². The summed E-state index contributed by atoms with van der Waals surface area (Å²) >= 11 is 0. The zero-order valence-corrected chi connectivity index (χ0v) is 11.5. The van der Waals surface area contributed by atoms with E-state index >= 15 is 0 Å². The maximum atomic E-state index is 12.3. The molecule has 1 saturated carbocycles. The Morgan fingerprint density at radius 3 is 2.56 bits per heavy atom. The number of nitrogens with zero attached hydrogens (tertiary/aromatic N) is 1. The van der Waals surface area contributed by atoms with E-state index < -0.39 is 6.43 Å². The molecule has 1 N–H and O–H groups in total. The van der Waals surface area contributed by atoms with Crippen molar-refractivity contribution in [3.05, 3.63) is 0 Å². The van der Waals surface area contributed by atoms with Crippen LogP contribution in [0.5, 0.6) is 0 Å². The molecule has 2 fully saturated rings. The molecule has 0 aromatic heterocycles. The van der Waals surface area contributed by atoms with Gasteiger partial charge in [-0.3, -0.25) is 4.90 Å². The van der Waals surface area contributed by atoms with Crippen molar-refractivity contribution in [1.29, 1.82) is 0 Å². The van der Waals surface area contributed by atoms with Crippen LogP contribution < -0.4 is 5.32 Å². The van der Waals surface area contributed by atoms with Crippen LogP contribution in [0.3, 0.4) is 0 Å². The summed E-state index contributed by atoms with van der Waals surface area (Å²) in [6, 6.07) is 0.959. The smallest absolute Gasteiger partial charge is 0.250 e. The van der Waals surface area contributed by atoms with E-state index in [4.69, 9.17) is 0 Å². The van der Waals surface area contributed by atoms with E-state index in [1.54, 1.807) is 0 Å². The van der Waals surface area contributed by atoms with Crippen LogP contribution in [0.15, 0.2) is 0 Å². The van der Waals surface area contributed by atoms with Crippen LogP contribution in [0.25, 0.3) is 0 Å². The van der Waals surface area contributed by atoms with Gasteiger partial charge in [0.05, 0.1) is 6.54 Å². The van der Waals surface area contributed by atoms with Crippen LogP contribution in [-0.4, -0.2) is 43.0 Å². The SMILES string of the molecule is CCC1CC(NCC(F)F)CN(C2CCC2C)C1. The summed E-state index contributed by atoms with van der Waals surface area (Å²) in [6.07, 6.45) is 2.60. The molecule has 2 aliphatic rings. The number of hydrogen-bond donors (Lipinski definition) is 1. The molecule has 1 aliphatic carbocycles. The number of alkyl halides is 2. The van der Waals surface area contributed by atoms with Gasteiger partial charge in [-0.25, -0.2) is 8.78 Å². The molecule has 2 rings (SSSR count). The summed E-state index contributed by atoms with van der Waals surface area (Å²) in [4.78, 5) is 2.55. The van der Waals surface area contributed by atoms with Crippen molar-refractivity contribution in [2.75, 3.05) is 19.6 Å². The van der Waals surface area contributed by atoms with Crippen LogP contribution in [-0.2, 0) is 0 Å². The predicted molar refractivity (Wildman–Crippen MR) is 70.0 cm³/mol. The van der Waals surface area contributed by atoms with Crippen molar-refractivity contribution >= 4 is 0 Å². The van der Waals surface area contributed by atoms with Crippen molar-refractivity contribution in [1.82, 2.24) is 10.2 Å². The molecule has 18 heavy (non-hydrogen) atoms. The first-order valence-corrected chi connectivity index (χ1v) is 7.35. The topological polar surface area (TPSA) is 15.3 Å². The Morgan fingerprint density at radius 2 is 2.06 bits per heavy atom. The van der Waals surface area contributed by atoms with Crippen LogP contribution in [0, 0.1) is 11.8 Å². The monoisotopic (exact) mass is 260 g/mol. The summed E-state index contributed by atoms with van der Waals surface area (Å²) in [5, 5.41) is 3.04. The van der Waals surface area contributed by atoms with Crippen molar-refractivity contribution in [2.45, 2.75) is 58.0 Å². The molecule has 4 unspecified atom stereocenters. The normalized spacial score (nSPS) is 37.8. The van der Waals surface area contributed by atoms with Gasteiger partial charge in [0, 0.05) is 25.2 Å². The standard InChI is InChI=1S/C14H26F2N2/c1-3-11-6-12(17-7-14(15)16)9-18(8-11)13-5-4-10(13)2/h10-14,17H,3-9H2,1-2H3. The fourth-order valence-electron chi connectivity index (χ4n) is 3.40. The first kappa shape index (κ1) is 14.2. The number of nitrogens with one attached hydrogen (secondary N) is 1. The number of hydrogen-bond acceptors (Lipinski definition) is 2. The molecule has 0 aromatic carbocycles. The van der Waals surface area contributed by atoms with Crippen LogP contribution in [0.2, 0.25) is 0 Å². The molecular formula is C14H26F2N2. The molecule has 2 nitrogen and oxygen atoms in total. The highest BCUT2D eigenvalue weighted by molar-refractivity contribution is 4.92. The summed E-state index contributed by atoms with van der Waals surface area (Å²) < 4.78 is 24.6. The molecule has 0 bridgehead atoms. The third kappa shape index (κ3) is 3.41. The van der Waals surface area contributed by atoms with Crippen molar-refractivity contribution in [2.24, 2.45) is 11.8 Å². The van der Waals surface area contributed by atoms with Crippen molar-refractivity contribution in [3.8, 4) is 0 Å². The molecule has 4 heteroatoms. The van der Waals surface area contributed by atoms with Gasteiger partial charge in [0.25, 0.3) is 6.43 Å². The van der Waals surface area contributed by atoms with Gasteiger partial charge in [0.15, 0.2) is 0 Å². The first-order chi connectivity index (χ1) is 8.60. The van der Waals surface area contributed by atoms with E-state index in [0.29, 0.717) is 12.0 Å². The molecule has 0 aromatic rings. The van der Waals surface area contributed by atoms with Gasteiger partial charge in [0.1, 0.15) is 0 Å². The van der Waals surface area contributed by atoms with Crippen LogP contribution >= 0.6 is 0 Å². The van der Waals surface area contributed by atoms with Gasteiger partial charge in [-0.15, -0.1) is 0 Å². The highest BCUT2D eigenvalue weighted by Gasteiger charge is 2.37. The van der Waals surface area contributed by atoms with Gasteiger partial charge in [0.2, 0.25) is 0 Å². The molecule has 0 amide bonds.